The summed E-state index contributed by atoms with van der Waals surface area (Å²) in [5, 5.41) is 3.30. The first kappa shape index (κ1) is 11.4. The van der Waals surface area contributed by atoms with Crippen molar-refractivity contribution in [1.29, 1.82) is 0 Å². The van der Waals surface area contributed by atoms with Gasteiger partial charge in [-0.3, -0.25) is 0 Å². The standard InChI is InChI=1S/C12H16FNO2/c1-9-6-10(13)2-3-12(9)14-11-7-15-4-5-16-8-11/h2-3,6,11,14H,4-5,7-8H2,1H3. The van der Waals surface area contributed by atoms with Crippen LogP contribution in [0.15, 0.2) is 18.2 Å². The van der Waals surface area contributed by atoms with E-state index >= 15 is 0 Å². The Morgan fingerprint density at radius 2 is 1.94 bits per heavy atom. The Morgan fingerprint density at radius 1 is 1.25 bits per heavy atom. The summed E-state index contributed by atoms with van der Waals surface area (Å²) < 4.78 is 23.7. The van der Waals surface area contributed by atoms with E-state index in [-0.39, 0.29) is 11.9 Å². The number of halogens is 1. The van der Waals surface area contributed by atoms with Gasteiger partial charge in [0.05, 0.1) is 32.5 Å². The van der Waals surface area contributed by atoms with Crippen molar-refractivity contribution in [3.8, 4) is 0 Å². The van der Waals surface area contributed by atoms with Gasteiger partial charge in [-0.2, -0.15) is 0 Å². The van der Waals surface area contributed by atoms with E-state index in [1.165, 1.54) is 12.1 Å². The van der Waals surface area contributed by atoms with E-state index in [1.54, 1.807) is 6.07 Å². The molecule has 1 aromatic rings. The van der Waals surface area contributed by atoms with E-state index < -0.39 is 0 Å². The zero-order valence-electron chi connectivity index (χ0n) is 9.33. The second kappa shape index (κ2) is 5.27. The van der Waals surface area contributed by atoms with E-state index in [0.29, 0.717) is 26.4 Å². The van der Waals surface area contributed by atoms with Gasteiger partial charge >= 0.3 is 0 Å². The Kier molecular flexibility index (Phi) is 3.74. The molecule has 2 rings (SSSR count). The van der Waals surface area contributed by atoms with Crippen molar-refractivity contribution in [3.05, 3.63) is 29.6 Å². The van der Waals surface area contributed by atoms with Crippen LogP contribution in [0, 0.1) is 12.7 Å². The number of rotatable bonds is 2. The molecule has 0 unspecified atom stereocenters. The normalized spacial score (nSPS) is 18.1. The van der Waals surface area contributed by atoms with E-state index in [9.17, 15) is 4.39 Å². The molecular formula is C12H16FNO2. The van der Waals surface area contributed by atoms with Crippen LogP contribution < -0.4 is 5.32 Å². The van der Waals surface area contributed by atoms with Crippen molar-refractivity contribution < 1.29 is 13.9 Å². The highest BCUT2D eigenvalue weighted by atomic mass is 19.1. The summed E-state index contributed by atoms with van der Waals surface area (Å²) in [4.78, 5) is 0. The Hall–Kier alpha value is -1.13. The molecule has 0 amide bonds. The van der Waals surface area contributed by atoms with Gasteiger partial charge in [0.25, 0.3) is 0 Å². The summed E-state index contributed by atoms with van der Waals surface area (Å²) in [5.74, 6) is -0.212. The molecule has 1 aromatic carbocycles. The van der Waals surface area contributed by atoms with Crippen LogP contribution in [0.25, 0.3) is 0 Å². The molecule has 1 aliphatic heterocycles. The maximum atomic E-state index is 12.9. The van der Waals surface area contributed by atoms with Crippen molar-refractivity contribution in [1.82, 2.24) is 0 Å². The summed E-state index contributed by atoms with van der Waals surface area (Å²) >= 11 is 0. The minimum absolute atomic E-state index is 0.131. The van der Waals surface area contributed by atoms with Gasteiger partial charge in [0.1, 0.15) is 5.82 Å². The third-order valence-corrected chi connectivity index (χ3v) is 2.56. The summed E-state index contributed by atoms with van der Waals surface area (Å²) in [6, 6.07) is 4.84. The number of anilines is 1. The molecule has 0 aliphatic carbocycles. The molecule has 1 fully saturated rings. The average Bonchev–Trinajstić information content (AvgIpc) is 2.51. The number of hydrogen-bond donors (Lipinski definition) is 1. The fourth-order valence-electron chi connectivity index (χ4n) is 1.71. The minimum atomic E-state index is -0.212. The van der Waals surface area contributed by atoms with Crippen LogP contribution in [-0.4, -0.2) is 32.5 Å². The van der Waals surface area contributed by atoms with Crippen LogP contribution in [-0.2, 0) is 9.47 Å². The van der Waals surface area contributed by atoms with Gasteiger partial charge in [0, 0.05) is 5.69 Å². The molecule has 88 valence electrons. The molecule has 0 bridgehead atoms. The van der Waals surface area contributed by atoms with Crippen LogP contribution >= 0.6 is 0 Å². The smallest absolute Gasteiger partial charge is 0.123 e. The zero-order chi connectivity index (χ0) is 11.4. The number of hydrogen-bond acceptors (Lipinski definition) is 3. The average molecular weight is 225 g/mol. The van der Waals surface area contributed by atoms with Gasteiger partial charge in [-0.25, -0.2) is 4.39 Å². The molecular weight excluding hydrogens is 209 g/mol. The van der Waals surface area contributed by atoms with Gasteiger partial charge in [0.15, 0.2) is 0 Å². The maximum Gasteiger partial charge on any atom is 0.123 e. The van der Waals surface area contributed by atoms with Gasteiger partial charge in [-0.05, 0) is 30.7 Å². The van der Waals surface area contributed by atoms with E-state index in [1.807, 2.05) is 6.92 Å². The number of benzene rings is 1. The van der Waals surface area contributed by atoms with Crippen LogP contribution in [0.3, 0.4) is 0 Å². The highest BCUT2D eigenvalue weighted by molar-refractivity contribution is 5.51. The topological polar surface area (TPSA) is 30.5 Å². The molecule has 1 aliphatic rings. The monoisotopic (exact) mass is 225 g/mol. The Bertz CT molecular complexity index is 349. The quantitative estimate of drug-likeness (QED) is 0.834. The van der Waals surface area contributed by atoms with Crippen molar-refractivity contribution in [2.45, 2.75) is 13.0 Å². The van der Waals surface area contributed by atoms with Crippen molar-refractivity contribution in [2.24, 2.45) is 0 Å². The van der Waals surface area contributed by atoms with Crippen LogP contribution in [0.5, 0.6) is 0 Å². The van der Waals surface area contributed by atoms with Crippen LogP contribution in [0.4, 0.5) is 10.1 Å². The predicted octanol–water partition coefficient (Wildman–Crippen LogP) is 1.96. The second-order valence-corrected chi connectivity index (χ2v) is 3.95. The van der Waals surface area contributed by atoms with E-state index in [2.05, 4.69) is 5.32 Å². The molecule has 1 N–H and O–H groups in total. The number of nitrogens with one attached hydrogen (secondary N) is 1. The fourth-order valence-corrected chi connectivity index (χ4v) is 1.71. The van der Waals surface area contributed by atoms with E-state index in [0.717, 1.165) is 11.3 Å². The Morgan fingerprint density at radius 3 is 2.56 bits per heavy atom. The lowest BCUT2D eigenvalue weighted by atomic mass is 10.2. The predicted molar refractivity (Wildman–Crippen MR) is 60.2 cm³/mol. The van der Waals surface area contributed by atoms with Crippen LogP contribution in [0.2, 0.25) is 0 Å². The first-order valence-electron chi connectivity index (χ1n) is 5.44. The lowest BCUT2D eigenvalue weighted by molar-refractivity contribution is 0.103. The van der Waals surface area contributed by atoms with Gasteiger partial charge in [-0.1, -0.05) is 0 Å². The van der Waals surface area contributed by atoms with Gasteiger partial charge < -0.3 is 14.8 Å². The van der Waals surface area contributed by atoms with E-state index in [4.69, 9.17) is 9.47 Å². The highest BCUT2D eigenvalue weighted by Crippen LogP contribution is 2.17. The van der Waals surface area contributed by atoms with Crippen molar-refractivity contribution >= 4 is 5.69 Å². The molecule has 4 heteroatoms. The molecule has 0 atom stereocenters. The molecule has 1 saturated heterocycles. The lowest BCUT2D eigenvalue weighted by Crippen LogP contribution is -2.28. The first-order valence-corrected chi connectivity index (χ1v) is 5.44. The Labute approximate surface area is 94.6 Å². The molecule has 0 spiro atoms. The molecule has 3 nitrogen and oxygen atoms in total. The van der Waals surface area contributed by atoms with Gasteiger partial charge in [0.2, 0.25) is 0 Å². The lowest BCUT2D eigenvalue weighted by Gasteiger charge is -2.18. The second-order valence-electron chi connectivity index (χ2n) is 3.95. The Balaban J connectivity index is 2.01. The maximum absolute atomic E-state index is 12.9. The van der Waals surface area contributed by atoms with Gasteiger partial charge in [-0.15, -0.1) is 0 Å². The largest absolute Gasteiger partial charge is 0.377 e. The summed E-state index contributed by atoms with van der Waals surface area (Å²) in [6.45, 7) is 4.40. The molecule has 0 radical (unpaired) electrons. The molecule has 0 saturated carbocycles. The minimum Gasteiger partial charge on any atom is -0.377 e. The molecule has 16 heavy (non-hydrogen) atoms. The summed E-state index contributed by atoms with van der Waals surface area (Å²) in [5.41, 5.74) is 1.82. The third-order valence-electron chi connectivity index (χ3n) is 2.56. The first-order chi connectivity index (χ1) is 7.75. The van der Waals surface area contributed by atoms with Crippen LogP contribution in [0.1, 0.15) is 5.56 Å². The highest BCUT2D eigenvalue weighted by Gasteiger charge is 2.13. The molecule has 0 aromatic heterocycles. The van der Waals surface area contributed by atoms with Crippen molar-refractivity contribution in [2.75, 3.05) is 31.7 Å². The number of ether oxygens (including phenoxy) is 2. The third kappa shape index (κ3) is 2.93. The summed E-state index contributed by atoms with van der Waals surface area (Å²) in [6.07, 6.45) is 0. The van der Waals surface area contributed by atoms with Crippen molar-refractivity contribution in [3.63, 3.8) is 0 Å². The zero-order valence-corrected chi connectivity index (χ0v) is 9.33. The SMILES string of the molecule is Cc1cc(F)ccc1NC1COCCOC1. The fraction of sp³-hybridized carbons (Fsp3) is 0.500. The number of aryl methyl sites for hydroxylation is 1. The molecule has 1 heterocycles. The summed E-state index contributed by atoms with van der Waals surface area (Å²) in [7, 11) is 0.